The average Bonchev–Trinajstić information content (AvgIpc) is 3.47. The lowest BCUT2D eigenvalue weighted by Gasteiger charge is -2.11. The molecule has 2 aromatic rings. The topological polar surface area (TPSA) is 117 Å². The Kier molecular flexibility index (Phi) is 5.34. The number of nitrogens with zero attached hydrogens (tertiary/aromatic N) is 4. The van der Waals surface area contributed by atoms with Crippen molar-refractivity contribution < 1.29 is 18.0 Å². The van der Waals surface area contributed by atoms with Gasteiger partial charge in [0.2, 0.25) is 5.95 Å². The molecule has 3 rings (SSSR count). The molecule has 1 saturated carbocycles. The van der Waals surface area contributed by atoms with Gasteiger partial charge in [-0.3, -0.25) is 10.2 Å². The molecule has 0 aliphatic heterocycles. The lowest BCUT2D eigenvalue weighted by atomic mass is 10.2. The third kappa shape index (κ3) is 4.87. The Labute approximate surface area is 157 Å². The van der Waals surface area contributed by atoms with Gasteiger partial charge in [0.05, 0.1) is 29.3 Å². The minimum Gasteiger partial charge on any atom is -0.328 e. The number of nitrogens with one attached hydrogen (secondary N) is 3. The van der Waals surface area contributed by atoms with Gasteiger partial charge in [0.1, 0.15) is 12.0 Å². The third-order valence-corrected chi connectivity index (χ3v) is 3.94. The quantitative estimate of drug-likeness (QED) is 0.652. The first-order chi connectivity index (χ1) is 13.2. The molecular formula is C17H16F3N7O. The zero-order valence-electron chi connectivity index (χ0n) is 14.7. The molecule has 8 nitrogen and oxygen atoms in total. The molecule has 28 heavy (non-hydrogen) atoms. The summed E-state index contributed by atoms with van der Waals surface area (Å²) in [6, 6.07) is 0. The van der Waals surface area contributed by atoms with E-state index in [1.54, 1.807) is 6.92 Å². The number of allylic oxidation sites excluding steroid dienone is 2. The van der Waals surface area contributed by atoms with Gasteiger partial charge in [0.15, 0.2) is 0 Å². The van der Waals surface area contributed by atoms with E-state index in [1.165, 1.54) is 24.9 Å². The number of hydrogen-bond donors (Lipinski definition) is 3. The van der Waals surface area contributed by atoms with Crippen LogP contribution in [0.25, 0.3) is 0 Å². The van der Waals surface area contributed by atoms with Crippen molar-refractivity contribution in [2.75, 3.05) is 10.6 Å². The number of aryl methyl sites for hydroxylation is 1. The van der Waals surface area contributed by atoms with Gasteiger partial charge < -0.3 is 10.6 Å². The number of hydrogen-bond acceptors (Lipinski definition) is 7. The molecule has 1 amide bonds. The fraction of sp³-hybridized carbons (Fsp3) is 0.294. The molecule has 0 atom stereocenters. The van der Waals surface area contributed by atoms with Crippen molar-refractivity contribution in [2.24, 2.45) is 5.92 Å². The first-order valence-corrected chi connectivity index (χ1v) is 8.28. The van der Waals surface area contributed by atoms with Crippen LogP contribution in [0, 0.1) is 18.3 Å². The molecule has 2 heterocycles. The number of amides is 1. The Balaban J connectivity index is 1.68. The third-order valence-electron chi connectivity index (χ3n) is 3.94. The first kappa shape index (κ1) is 19.4. The summed E-state index contributed by atoms with van der Waals surface area (Å²) in [4.78, 5) is 28.0. The molecule has 146 valence electrons. The van der Waals surface area contributed by atoms with Crippen LogP contribution in [0.1, 0.15) is 28.9 Å². The minimum absolute atomic E-state index is 0.0744. The van der Waals surface area contributed by atoms with Gasteiger partial charge in [0.25, 0.3) is 5.91 Å². The summed E-state index contributed by atoms with van der Waals surface area (Å²) in [7, 11) is 0. The first-order valence-electron chi connectivity index (χ1n) is 8.28. The Morgan fingerprint density at radius 1 is 1.18 bits per heavy atom. The molecule has 1 fully saturated rings. The number of anilines is 2. The number of rotatable bonds is 6. The molecule has 1 aliphatic carbocycles. The van der Waals surface area contributed by atoms with Gasteiger partial charge in [-0.05, 0) is 31.8 Å². The second-order valence-electron chi connectivity index (χ2n) is 6.18. The SMILES string of the molecule is Cc1ncncc1C(=O)Nc1cnc(N/C(=C\C(=N)C(F)(F)F)C2CC2)nc1. The predicted molar refractivity (Wildman–Crippen MR) is 95.0 cm³/mol. The Morgan fingerprint density at radius 2 is 1.86 bits per heavy atom. The maximum Gasteiger partial charge on any atom is 0.432 e. The molecule has 0 radical (unpaired) electrons. The van der Waals surface area contributed by atoms with Crippen LogP contribution < -0.4 is 10.6 Å². The Hall–Kier alpha value is -3.37. The lowest BCUT2D eigenvalue weighted by molar-refractivity contribution is -0.0584. The fourth-order valence-corrected chi connectivity index (χ4v) is 2.29. The molecule has 0 saturated heterocycles. The predicted octanol–water partition coefficient (Wildman–Crippen LogP) is 3.12. The van der Waals surface area contributed by atoms with Gasteiger partial charge >= 0.3 is 6.18 Å². The molecule has 0 spiro atoms. The highest BCUT2D eigenvalue weighted by molar-refractivity contribution is 6.04. The molecule has 11 heteroatoms. The summed E-state index contributed by atoms with van der Waals surface area (Å²) in [6.45, 7) is 1.67. The molecule has 1 aliphatic rings. The smallest absolute Gasteiger partial charge is 0.328 e. The van der Waals surface area contributed by atoms with Crippen LogP contribution in [-0.4, -0.2) is 37.7 Å². The maximum absolute atomic E-state index is 12.6. The summed E-state index contributed by atoms with van der Waals surface area (Å²) < 4.78 is 37.8. The molecule has 0 bridgehead atoms. The van der Waals surface area contributed by atoms with E-state index >= 15 is 0 Å². The van der Waals surface area contributed by atoms with Crippen LogP contribution in [0.5, 0.6) is 0 Å². The van der Waals surface area contributed by atoms with Gasteiger partial charge in [-0.15, -0.1) is 0 Å². The fourth-order valence-electron chi connectivity index (χ4n) is 2.29. The van der Waals surface area contributed by atoms with E-state index in [4.69, 9.17) is 5.41 Å². The van der Waals surface area contributed by atoms with Crippen molar-refractivity contribution in [2.45, 2.75) is 25.9 Å². The number of carbonyl (C=O) groups is 1. The largest absolute Gasteiger partial charge is 0.432 e. The van der Waals surface area contributed by atoms with Gasteiger partial charge in [0, 0.05) is 11.9 Å². The van der Waals surface area contributed by atoms with Crippen molar-refractivity contribution >= 4 is 23.3 Å². The van der Waals surface area contributed by atoms with Crippen molar-refractivity contribution in [1.82, 2.24) is 19.9 Å². The Bertz CT molecular complexity index is 921. The van der Waals surface area contributed by atoms with Crippen LogP contribution in [0.15, 0.2) is 36.7 Å². The van der Waals surface area contributed by atoms with E-state index in [2.05, 4.69) is 30.6 Å². The summed E-state index contributed by atoms with van der Waals surface area (Å²) in [5.74, 6) is -0.434. The molecule has 0 aromatic carbocycles. The van der Waals surface area contributed by atoms with E-state index in [9.17, 15) is 18.0 Å². The van der Waals surface area contributed by atoms with Gasteiger partial charge in [-0.2, -0.15) is 13.2 Å². The van der Waals surface area contributed by atoms with Crippen molar-refractivity contribution in [1.29, 1.82) is 5.41 Å². The lowest BCUT2D eigenvalue weighted by Crippen LogP contribution is -2.21. The van der Waals surface area contributed by atoms with E-state index in [0.29, 0.717) is 16.9 Å². The van der Waals surface area contributed by atoms with Gasteiger partial charge in [-0.1, -0.05) is 0 Å². The average molecular weight is 391 g/mol. The number of aromatic nitrogens is 4. The summed E-state index contributed by atoms with van der Waals surface area (Å²) >= 11 is 0. The van der Waals surface area contributed by atoms with E-state index < -0.39 is 17.8 Å². The highest BCUT2D eigenvalue weighted by Gasteiger charge is 2.35. The van der Waals surface area contributed by atoms with Crippen LogP contribution >= 0.6 is 0 Å². The molecule has 3 N–H and O–H groups in total. The molecular weight excluding hydrogens is 375 g/mol. The van der Waals surface area contributed by atoms with Crippen molar-refractivity contribution in [3.63, 3.8) is 0 Å². The van der Waals surface area contributed by atoms with Crippen molar-refractivity contribution in [3.05, 3.63) is 47.9 Å². The second-order valence-corrected chi connectivity index (χ2v) is 6.18. The standard InChI is InChI=1S/C17H16F3N7O/c1-9-12(7-22-8-25-9)15(28)26-11-5-23-16(24-6-11)27-13(10-2-3-10)4-14(21)17(18,19)20/h4-8,10,21H,2-3H2,1H3,(H,26,28)(H,23,24,27)/b13-4-,21-14?. The van der Waals surface area contributed by atoms with E-state index in [-0.39, 0.29) is 17.6 Å². The molecule has 0 unspecified atom stereocenters. The summed E-state index contributed by atoms with van der Waals surface area (Å²) in [5.41, 5.74) is -0.0754. The van der Waals surface area contributed by atoms with Crippen LogP contribution in [0.4, 0.5) is 24.8 Å². The zero-order valence-corrected chi connectivity index (χ0v) is 14.7. The minimum atomic E-state index is -4.71. The highest BCUT2D eigenvalue weighted by atomic mass is 19.4. The summed E-state index contributed by atoms with van der Waals surface area (Å²) in [5, 5.41) is 12.5. The zero-order chi connectivity index (χ0) is 20.3. The van der Waals surface area contributed by atoms with Gasteiger partial charge in [-0.25, -0.2) is 19.9 Å². The maximum atomic E-state index is 12.6. The number of halogens is 3. The summed E-state index contributed by atoms with van der Waals surface area (Å²) in [6.07, 6.45) is 2.88. The van der Waals surface area contributed by atoms with Crippen molar-refractivity contribution in [3.8, 4) is 0 Å². The Morgan fingerprint density at radius 3 is 2.43 bits per heavy atom. The van der Waals surface area contributed by atoms with Crippen LogP contribution in [0.3, 0.4) is 0 Å². The van der Waals surface area contributed by atoms with Crippen LogP contribution in [-0.2, 0) is 0 Å². The monoisotopic (exact) mass is 391 g/mol. The molecule has 2 aromatic heterocycles. The number of alkyl halides is 3. The second kappa shape index (κ2) is 7.71. The normalized spacial score (nSPS) is 14.5. The number of carbonyl (C=O) groups excluding carboxylic acids is 1. The van der Waals surface area contributed by atoms with Crippen LogP contribution in [0.2, 0.25) is 0 Å². The highest BCUT2D eigenvalue weighted by Crippen LogP contribution is 2.37. The van der Waals surface area contributed by atoms with E-state index in [0.717, 1.165) is 18.9 Å². The van der Waals surface area contributed by atoms with E-state index in [1.807, 2.05) is 0 Å².